The zero-order chi connectivity index (χ0) is 21.0. The zero-order valence-corrected chi connectivity index (χ0v) is 17.8. The van der Waals surface area contributed by atoms with Gasteiger partial charge in [-0.2, -0.15) is 0 Å². The molecule has 2 aromatic carbocycles. The molecule has 1 amide bonds. The van der Waals surface area contributed by atoms with Gasteiger partial charge in [0, 0.05) is 21.2 Å². The van der Waals surface area contributed by atoms with Gasteiger partial charge in [-0.1, -0.05) is 54.2 Å². The Morgan fingerprint density at radius 2 is 1.79 bits per heavy atom. The highest BCUT2D eigenvalue weighted by Gasteiger charge is 2.27. The van der Waals surface area contributed by atoms with Gasteiger partial charge in [-0.15, -0.1) is 0 Å². The van der Waals surface area contributed by atoms with Crippen LogP contribution in [0.5, 0.6) is 0 Å². The van der Waals surface area contributed by atoms with Crippen molar-refractivity contribution in [2.45, 2.75) is 23.4 Å². The van der Waals surface area contributed by atoms with Crippen LogP contribution in [0.15, 0.2) is 64.5 Å². The largest absolute Gasteiger partial charge is 0.383 e. The van der Waals surface area contributed by atoms with Crippen LogP contribution in [-0.4, -0.2) is 48.2 Å². The van der Waals surface area contributed by atoms with Gasteiger partial charge in [0.05, 0.1) is 23.6 Å². The zero-order valence-electron chi connectivity index (χ0n) is 17.0. The Morgan fingerprint density at radius 1 is 1.14 bits per heavy atom. The van der Waals surface area contributed by atoms with E-state index in [0.29, 0.717) is 22.7 Å². The summed E-state index contributed by atoms with van der Waals surface area (Å²) < 4.78 is 6.92. The molecule has 2 unspecified atom stereocenters. The van der Waals surface area contributed by atoms with E-state index in [0.717, 1.165) is 5.56 Å². The van der Waals surface area contributed by atoms with Crippen LogP contribution in [0.2, 0.25) is 0 Å². The lowest BCUT2D eigenvalue weighted by molar-refractivity contribution is -0.128. The van der Waals surface area contributed by atoms with Gasteiger partial charge in [0.25, 0.3) is 5.56 Å². The summed E-state index contributed by atoms with van der Waals surface area (Å²) in [5.74, 6) is -0.0606. The molecule has 1 aromatic heterocycles. The van der Waals surface area contributed by atoms with E-state index in [1.54, 1.807) is 36.7 Å². The molecule has 0 aliphatic rings. The third-order valence-electron chi connectivity index (χ3n) is 4.61. The molecule has 0 radical (unpaired) electrons. The van der Waals surface area contributed by atoms with E-state index in [1.165, 1.54) is 11.8 Å². The first kappa shape index (κ1) is 21.1. The maximum absolute atomic E-state index is 13.2. The van der Waals surface area contributed by atoms with Crippen LogP contribution in [0.1, 0.15) is 23.8 Å². The molecule has 0 saturated heterocycles. The van der Waals surface area contributed by atoms with Crippen molar-refractivity contribution in [3.63, 3.8) is 0 Å². The number of ether oxygens (including phenoxy) is 1. The van der Waals surface area contributed by atoms with E-state index in [4.69, 9.17) is 9.72 Å². The summed E-state index contributed by atoms with van der Waals surface area (Å²) in [5, 5.41) is 0.539. The van der Waals surface area contributed by atoms with Crippen LogP contribution in [0.3, 0.4) is 0 Å². The lowest BCUT2D eigenvalue weighted by Crippen LogP contribution is -2.30. The Kier molecular flexibility index (Phi) is 6.71. The topological polar surface area (TPSA) is 64.4 Å². The molecule has 0 bridgehead atoms. The third-order valence-corrected chi connectivity index (χ3v) is 5.82. The van der Waals surface area contributed by atoms with Crippen LogP contribution in [-0.2, 0) is 9.53 Å². The Bertz CT molecular complexity index is 1050. The van der Waals surface area contributed by atoms with E-state index in [1.807, 2.05) is 55.5 Å². The van der Waals surface area contributed by atoms with Crippen molar-refractivity contribution in [1.29, 1.82) is 0 Å². The van der Waals surface area contributed by atoms with Gasteiger partial charge >= 0.3 is 0 Å². The fourth-order valence-electron chi connectivity index (χ4n) is 3.14. The quantitative estimate of drug-likeness (QED) is 0.440. The fraction of sp³-hybridized carbons (Fsp3) is 0.318. The van der Waals surface area contributed by atoms with Crippen molar-refractivity contribution >= 4 is 28.6 Å². The lowest BCUT2D eigenvalue weighted by atomic mass is 10.1. The number of nitrogens with zero attached hydrogens (tertiary/aromatic N) is 3. The maximum atomic E-state index is 13.2. The molecule has 0 aliphatic carbocycles. The third kappa shape index (κ3) is 4.52. The molecule has 152 valence electrons. The predicted molar refractivity (Wildman–Crippen MR) is 116 cm³/mol. The van der Waals surface area contributed by atoms with Crippen LogP contribution in [0.25, 0.3) is 10.9 Å². The molecule has 2 atom stereocenters. The number of para-hydroxylation sites is 1. The van der Waals surface area contributed by atoms with Crippen LogP contribution in [0.4, 0.5) is 0 Å². The maximum Gasteiger partial charge on any atom is 0.262 e. The second kappa shape index (κ2) is 9.24. The van der Waals surface area contributed by atoms with Gasteiger partial charge in [0.2, 0.25) is 5.91 Å². The molecule has 6 nitrogen and oxygen atoms in total. The molecule has 0 aliphatic heterocycles. The van der Waals surface area contributed by atoms with Crippen LogP contribution < -0.4 is 5.56 Å². The fourth-order valence-corrected chi connectivity index (χ4v) is 4.49. The highest BCUT2D eigenvalue weighted by Crippen LogP contribution is 2.36. The highest BCUT2D eigenvalue weighted by molar-refractivity contribution is 8.00. The number of amides is 1. The van der Waals surface area contributed by atoms with Crippen molar-refractivity contribution in [3.8, 4) is 0 Å². The average molecular weight is 412 g/mol. The minimum atomic E-state index is -0.514. The minimum absolute atomic E-state index is 0.0606. The second-order valence-corrected chi connectivity index (χ2v) is 8.10. The van der Waals surface area contributed by atoms with Gasteiger partial charge in [0.1, 0.15) is 5.25 Å². The van der Waals surface area contributed by atoms with Gasteiger partial charge in [0.15, 0.2) is 5.16 Å². The number of carbonyl (C=O) groups excluding carboxylic acids is 1. The Morgan fingerprint density at radius 3 is 2.45 bits per heavy atom. The summed E-state index contributed by atoms with van der Waals surface area (Å²) in [6.45, 7) is 2.28. The number of aromatic nitrogens is 2. The summed E-state index contributed by atoms with van der Waals surface area (Å²) in [6, 6.07) is 16.6. The number of rotatable bonds is 7. The second-order valence-electron chi connectivity index (χ2n) is 7.03. The number of thioether (sulfide) groups is 1. The number of methoxy groups -OCH3 is 1. The molecule has 7 heteroatoms. The molecule has 29 heavy (non-hydrogen) atoms. The number of hydrogen-bond donors (Lipinski definition) is 0. The first-order chi connectivity index (χ1) is 13.9. The molecular weight excluding hydrogens is 386 g/mol. The molecule has 0 fully saturated rings. The summed E-state index contributed by atoms with van der Waals surface area (Å²) in [4.78, 5) is 32.5. The Balaban J connectivity index is 2.16. The minimum Gasteiger partial charge on any atom is -0.383 e. The molecule has 1 heterocycles. The summed E-state index contributed by atoms with van der Waals surface area (Å²) in [5.41, 5.74) is 1.35. The summed E-state index contributed by atoms with van der Waals surface area (Å²) in [7, 11) is 5.06. The van der Waals surface area contributed by atoms with Crippen molar-refractivity contribution < 1.29 is 9.53 Å². The molecule has 0 saturated carbocycles. The Hall–Kier alpha value is -2.64. The van der Waals surface area contributed by atoms with Gasteiger partial charge in [-0.25, -0.2) is 4.98 Å². The van der Waals surface area contributed by atoms with Crippen LogP contribution >= 0.6 is 11.8 Å². The monoisotopic (exact) mass is 411 g/mol. The summed E-state index contributed by atoms with van der Waals surface area (Å²) >= 11 is 1.29. The predicted octanol–water partition coefficient (Wildman–Crippen LogP) is 3.53. The van der Waals surface area contributed by atoms with E-state index < -0.39 is 5.25 Å². The van der Waals surface area contributed by atoms with E-state index in [2.05, 4.69) is 0 Å². The van der Waals surface area contributed by atoms with Crippen molar-refractivity contribution in [1.82, 2.24) is 14.5 Å². The van der Waals surface area contributed by atoms with Gasteiger partial charge in [-0.05, 0) is 24.6 Å². The first-order valence-electron chi connectivity index (χ1n) is 9.37. The first-order valence-corrected chi connectivity index (χ1v) is 10.2. The van der Waals surface area contributed by atoms with Gasteiger partial charge < -0.3 is 9.64 Å². The van der Waals surface area contributed by atoms with Crippen LogP contribution in [0, 0.1) is 0 Å². The van der Waals surface area contributed by atoms with Gasteiger partial charge in [-0.3, -0.25) is 14.2 Å². The average Bonchev–Trinajstić information content (AvgIpc) is 2.72. The number of carbonyl (C=O) groups is 1. The van der Waals surface area contributed by atoms with Crippen molar-refractivity contribution in [3.05, 3.63) is 70.5 Å². The highest BCUT2D eigenvalue weighted by atomic mass is 32.2. The molecular formula is C22H25N3O3S. The van der Waals surface area contributed by atoms with Crippen molar-refractivity contribution in [2.75, 3.05) is 27.8 Å². The molecule has 0 spiro atoms. The number of hydrogen-bond acceptors (Lipinski definition) is 5. The standard InChI is InChI=1S/C22H25N3O3S/c1-15(14-28-4)25-20(26)17-12-8-9-13-18(17)23-22(25)29-19(21(27)24(2)3)16-10-6-5-7-11-16/h5-13,15,19H,14H2,1-4H3. The summed E-state index contributed by atoms with van der Waals surface area (Å²) in [6.07, 6.45) is 0. The SMILES string of the molecule is COCC(C)n1c(SC(C(=O)N(C)C)c2ccccc2)nc2ccccc2c1=O. The number of benzene rings is 2. The van der Waals surface area contributed by atoms with E-state index >= 15 is 0 Å². The number of likely N-dealkylation sites (N-methyl/N-ethyl adjacent to an activating group) is 1. The van der Waals surface area contributed by atoms with Crippen molar-refractivity contribution in [2.24, 2.45) is 0 Å². The lowest BCUT2D eigenvalue weighted by Gasteiger charge is -2.24. The van der Waals surface area contributed by atoms with E-state index in [-0.39, 0.29) is 17.5 Å². The Labute approximate surface area is 174 Å². The molecule has 0 N–H and O–H groups in total. The smallest absolute Gasteiger partial charge is 0.262 e. The number of fused-ring (bicyclic) bond motifs is 1. The molecule has 3 rings (SSSR count). The van der Waals surface area contributed by atoms with E-state index in [9.17, 15) is 9.59 Å². The normalized spacial score (nSPS) is 13.2. The molecule has 3 aromatic rings.